The van der Waals surface area contributed by atoms with E-state index in [9.17, 15) is 9.90 Å². The zero-order chi connectivity index (χ0) is 11.1. The summed E-state index contributed by atoms with van der Waals surface area (Å²) in [6.45, 7) is 0. The summed E-state index contributed by atoms with van der Waals surface area (Å²) in [5.41, 5.74) is 0.363. The highest BCUT2D eigenvalue weighted by atomic mass is 16.3. The molecule has 0 atom stereocenters. The Morgan fingerprint density at radius 2 is 2.31 bits per heavy atom. The second-order valence-corrected chi connectivity index (χ2v) is 3.87. The first kappa shape index (κ1) is 9.14. The molecule has 0 bridgehead atoms. The molecule has 0 amide bonds. The average Bonchev–Trinajstić information content (AvgIpc) is 2.94. The fourth-order valence-electron chi connectivity index (χ4n) is 1.70. The number of H-pyrrole nitrogens is 1. The number of nitrogens with one attached hydrogen (secondary N) is 1. The summed E-state index contributed by atoms with van der Waals surface area (Å²) in [4.78, 5) is 21.7. The van der Waals surface area contributed by atoms with Crippen LogP contribution in [0.25, 0.3) is 11.5 Å². The number of rotatable bonds is 2. The van der Waals surface area contributed by atoms with Crippen molar-refractivity contribution < 1.29 is 5.11 Å². The second-order valence-electron chi connectivity index (χ2n) is 3.87. The fourth-order valence-corrected chi connectivity index (χ4v) is 1.70. The summed E-state index contributed by atoms with van der Waals surface area (Å²) in [5.74, 6) is 0.0803. The minimum absolute atomic E-state index is 0.276. The molecule has 1 aliphatic carbocycles. The van der Waals surface area contributed by atoms with Gasteiger partial charge < -0.3 is 14.7 Å². The molecule has 2 heterocycles. The molecule has 82 valence electrons. The van der Waals surface area contributed by atoms with Crippen molar-refractivity contribution in [2.75, 3.05) is 0 Å². The third-order valence-corrected chi connectivity index (χ3v) is 2.58. The van der Waals surface area contributed by atoms with Crippen LogP contribution in [-0.2, 0) is 0 Å². The Morgan fingerprint density at radius 3 is 3.00 bits per heavy atom. The van der Waals surface area contributed by atoms with Crippen molar-refractivity contribution in [3.63, 3.8) is 0 Å². The highest BCUT2D eigenvalue weighted by molar-refractivity contribution is 5.49. The van der Waals surface area contributed by atoms with Crippen molar-refractivity contribution in [1.82, 2.24) is 19.5 Å². The third kappa shape index (κ3) is 1.48. The van der Waals surface area contributed by atoms with Gasteiger partial charge in [-0.25, -0.2) is 4.98 Å². The zero-order valence-corrected chi connectivity index (χ0v) is 8.42. The summed E-state index contributed by atoms with van der Waals surface area (Å²) in [6, 6.07) is 1.49. The second kappa shape index (κ2) is 3.19. The molecule has 6 nitrogen and oxygen atoms in total. The highest BCUT2D eigenvalue weighted by Gasteiger charge is 2.26. The van der Waals surface area contributed by atoms with Gasteiger partial charge in [0.1, 0.15) is 5.69 Å². The predicted molar refractivity (Wildman–Crippen MR) is 56.0 cm³/mol. The van der Waals surface area contributed by atoms with Crippen molar-refractivity contribution in [2.45, 2.75) is 18.9 Å². The molecule has 0 saturated heterocycles. The minimum atomic E-state index is -0.369. The SMILES string of the molecule is O=c1cc(O)nc(-c2cncn2C2CC2)[nH]1. The maximum Gasteiger partial charge on any atom is 0.255 e. The number of hydrogen-bond acceptors (Lipinski definition) is 4. The van der Waals surface area contributed by atoms with E-state index in [1.165, 1.54) is 0 Å². The maximum absolute atomic E-state index is 11.2. The van der Waals surface area contributed by atoms with Crippen molar-refractivity contribution in [3.05, 3.63) is 28.9 Å². The maximum atomic E-state index is 11.2. The molecule has 3 rings (SSSR count). The summed E-state index contributed by atoms with van der Waals surface area (Å²) in [7, 11) is 0. The lowest BCUT2D eigenvalue weighted by atomic mass is 10.4. The van der Waals surface area contributed by atoms with E-state index >= 15 is 0 Å². The van der Waals surface area contributed by atoms with Crippen LogP contribution in [0, 0.1) is 0 Å². The van der Waals surface area contributed by atoms with Crippen LogP contribution in [0.15, 0.2) is 23.4 Å². The fraction of sp³-hybridized carbons (Fsp3) is 0.300. The van der Waals surface area contributed by atoms with E-state index in [-0.39, 0.29) is 11.4 Å². The molecule has 2 aromatic rings. The number of hydrogen-bond donors (Lipinski definition) is 2. The van der Waals surface area contributed by atoms with Crippen molar-refractivity contribution >= 4 is 0 Å². The first-order valence-electron chi connectivity index (χ1n) is 5.06. The van der Waals surface area contributed by atoms with Crippen LogP contribution < -0.4 is 5.56 Å². The van der Waals surface area contributed by atoms with Crippen LogP contribution in [0.3, 0.4) is 0 Å². The molecule has 0 aromatic carbocycles. The number of aromatic hydroxyl groups is 1. The van der Waals surface area contributed by atoms with Gasteiger partial charge in [0.05, 0.1) is 18.6 Å². The van der Waals surface area contributed by atoms with Gasteiger partial charge in [-0.3, -0.25) is 4.79 Å². The number of nitrogens with zero attached hydrogens (tertiary/aromatic N) is 3. The van der Waals surface area contributed by atoms with Gasteiger partial charge in [-0.05, 0) is 12.8 Å². The van der Waals surface area contributed by atoms with E-state index < -0.39 is 0 Å². The van der Waals surface area contributed by atoms with Crippen molar-refractivity contribution in [1.29, 1.82) is 0 Å². The monoisotopic (exact) mass is 218 g/mol. The van der Waals surface area contributed by atoms with E-state index in [0.29, 0.717) is 11.9 Å². The quantitative estimate of drug-likeness (QED) is 0.776. The Kier molecular flexibility index (Phi) is 1.82. The molecule has 0 radical (unpaired) electrons. The van der Waals surface area contributed by atoms with Gasteiger partial charge in [-0.15, -0.1) is 0 Å². The Bertz CT molecular complexity index is 583. The molecule has 1 aliphatic rings. The Labute approximate surface area is 90.6 Å². The third-order valence-electron chi connectivity index (χ3n) is 2.58. The van der Waals surface area contributed by atoms with E-state index in [2.05, 4.69) is 15.0 Å². The summed E-state index contributed by atoms with van der Waals surface area (Å²) < 4.78 is 1.97. The van der Waals surface area contributed by atoms with Crippen LogP contribution in [0.1, 0.15) is 18.9 Å². The Hall–Kier alpha value is -2.11. The standard InChI is InChI=1S/C10H10N4O2/c15-8-3-9(16)13-10(12-8)7-4-11-5-14(7)6-1-2-6/h3-6H,1-2H2,(H2,12,13,15,16). The summed E-state index contributed by atoms with van der Waals surface area (Å²) >= 11 is 0. The highest BCUT2D eigenvalue weighted by Crippen LogP contribution is 2.37. The summed E-state index contributed by atoms with van der Waals surface area (Å²) in [5, 5.41) is 9.28. The molecule has 0 aliphatic heterocycles. The van der Waals surface area contributed by atoms with Gasteiger partial charge in [0, 0.05) is 6.04 Å². The number of imidazole rings is 1. The molecule has 6 heteroatoms. The Balaban J connectivity index is 2.13. The van der Waals surface area contributed by atoms with Crippen molar-refractivity contribution in [3.8, 4) is 17.4 Å². The molecule has 0 spiro atoms. The van der Waals surface area contributed by atoms with Gasteiger partial charge in [0.25, 0.3) is 5.56 Å². The molecule has 1 fully saturated rings. The molecule has 2 aromatic heterocycles. The Morgan fingerprint density at radius 1 is 1.50 bits per heavy atom. The first-order chi connectivity index (χ1) is 7.74. The van der Waals surface area contributed by atoms with Crippen LogP contribution >= 0.6 is 0 Å². The topological polar surface area (TPSA) is 83.8 Å². The van der Waals surface area contributed by atoms with Gasteiger partial charge >= 0.3 is 0 Å². The van der Waals surface area contributed by atoms with Crippen molar-refractivity contribution in [2.24, 2.45) is 0 Å². The van der Waals surface area contributed by atoms with Crippen LogP contribution in [-0.4, -0.2) is 24.6 Å². The van der Waals surface area contributed by atoms with Gasteiger partial charge in [0.2, 0.25) is 5.88 Å². The largest absolute Gasteiger partial charge is 0.493 e. The van der Waals surface area contributed by atoms with Crippen LogP contribution in [0.2, 0.25) is 0 Å². The average molecular weight is 218 g/mol. The summed E-state index contributed by atoms with van der Waals surface area (Å²) in [6.07, 6.45) is 5.59. The lowest BCUT2D eigenvalue weighted by Crippen LogP contribution is -2.08. The predicted octanol–water partition coefficient (Wildman–Crippen LogP) is 0.674. The molecule has 2 N–H and O–H groups in total. The number of aromatic nitrogens is 4. The lowest BCUT2D eigenvalue weighted by Gasteiger charge is -2.05. The molecule has 1 saturated carbocycles. The van der Waals surface area contributed by atoms with Gasteiger partial charge in [-0.1, -0.05) is 0 Å². The van der Waals surface area contributed by atoms with E-state index in [1.54, 1.807) is 12.5 Å². The minimum Gasteiger partial charge on any atom is -0.493 e. The lowest BCUT2D eigenvalue weighted by molar-refractivity contribution is 0.451. The normalized spacial score (nSPS) is 15.2. The molecular weight excluding hydrogens is 208 g/mol. The van der Waals surface area contributed by atoms with E-state index in [4.69, 9.17) is 0 Å². The smallest absolute Gasteiger partial charge is 0.255 e. The number of aromatic amines is 1. The van der Waals surface area contributed by atoms with E-state index in [0.717, 1.165) is 24.6 Å². The van der Waals surface area contributed by atoms with Gasteiger partial charge in [0.15, 0.2) is 5.82 Å². The first-order valence-corrected chi connectivity index (χ1v) is 5.06. The molecule has 16 heavy (non-hydrogen) atoms. The molecule has 0 unspecified atom stereocenters. The van der Waals surface area contributed by atoms with Crippen LogP contribution in [0.5, 0.6) is 5.88 Å². The zero-order valence-electron chi connectivity index (χ0n) is 8.42. The van der Waals surface area contributed by atoms with E-state index in [1.807, 2.05) is 4.57 Å². The van der Waals surface area contributed by atoms with Gasteiger partial charge in [-0.2, -0.15) is 4.98 Å². The van der Waals surface area contributed by atoms with Crippen LogP contribution in [0.4, 0.5) is 0 Å². The molecular formula is C10H10N4O2.